The number of ether oxygens (including phenoxy) is 1. The van der Waals surface area contributed by atoms with Gasteiger partial charge in [0, 0.05) is 16.5 Å². The zero-order chi connectivity index (χ0) is 12.1. The molecule has 2 heterocycles. The minimum absolute atomic E-state index is 0.315. The SMILES string of the molecule is C[C@@]12OCCS[C@]1(Cl)CN2c1ccc(Cl)cc1. The van der Waals surface area contributed by atoms with Crippen molar-refractivity contribution < 1.29 is 4.74 Å². The van der Waals surface area contributed by atoms with Crippen molar-refractivity contribution in [1.29, 1.82) is 0 Å². The molecule has 92 valence electrons. The Hall–Kier alpha value is -0.0900. The predicted molar refractivity (Wildman–Crippen MR) is 74.2 cm³/mol. The van der Waals surface area contributed by atoms with Gasteiger partial charge >= 0.3 is 0 Å². The topological polar surface area (TPSA) is 12.5 Å². The van der Waals surface area contributed by atoms with Gasteiger partial charge in [-0.1, -0.05) is 11.6 Å². The second-order valence-corrected chi connectivity index (χ2v) is 7.17. The quantitative estimate of drug-likeness (QED) is 0.734. The van der Waals surface area contributed by atoms with Gasteiger partial charge in [-0.3, -0.25) is 0 Å². The lowest BCUT2D eigenvalue weighted by Crippen LogP contribution is -2.76. The van der Waals surface area contributed by atoms with Gasteiger partial charge in [-0.2, -0.15) is 0 Å². The number of hydrogen-bond acceptors (Lipinski definition) is 3. The lowest BCUT2D eigenvalue weighted by Gasteiger charge is -2.63. The van der Waals surface area contributed by atoms with E-state index in [1.165, 1.54) is 0 Å². The molecule has 5 heteroatoms. The van der Waals surface area contributed by atoms with Crippen LogP contribution in [0.5, 0.6) is 0 Å². The van der Waals surface area contributed by atoms with Gasteiger partial charge in [-0.15, -0.1) is 23.4 Å². The highest BCUT2D eigenvalue weighted by Gasteiger charge is 2.64. The summed E-state index contributed by atoms with van der Waals surface area (Å²) in [6.45, 7) is 3.61. The summed E-state index contributed by atoms with van der Waals surface area (Å²) < 4.78 is 5.59. The Balaban J connectivity index is 1.89. The molecule has 0 aromatic heterocycles. The third-order valence-corrected chi connectivity index (χ3v) is 5.89. The van der Waals surface area contributed by atoms with Crippen LogP contribution in [0, 0.1) is 0 Å². The van der Waals surface area contributed by atoms with E-state index in [2.05, 4.69) is 11.8 Å². The van der Waals surface area contributed by atoms with Gasteiger partial charge in [0.15, 0.2) is 9.93 Å². The molecule has 0 unspecified atom stereocenters. The van der Waals surface area contributed by atoms with E-state index in [1.54, 1.807) is 11.8 Å². The standard InChI is InChI=1S/C12H13Cl2NOS/c1-11-12(14,17-7-6-16-11)8-15(11)10-4-2-9(13)3-5-10/h2-5H,6-8H2,1H3/t11-,12-/m1/s1. The molecule has 2 nitrogen and oxygen atoms in total. The molecule has 0 spiro atoms. The van der Waals surface area contributed by atoms with Crippen molar-refractivity contribution in [1.82, 2.24) is 0 Å². The van der Waals surface area contributed by atoms with E-state index in [4.69, 9.17) is 27.9 Å². The summed E-state index contributed by atoms with van der Waals surface area (Å²) in [5.74, 6) is 0.966. The summed E-state index contributed by atoms with van der Waals surface area (Å²) in [6.07, 6.45) is 0. The Morgan fingerprint density at radius 3 is 2.71 bits per heavy atom. The van der Waals surface area contributed by atoms with Crippen LogP contribution in [0.2, 0.25) is 5.02 Å². The van der Waals surface area contributed by atoms with Crippen LogP contribution in [0.1, 0.15) is 6.92 Å². The van der Waals surface area contributed by atoms with Crippen molar-refractivity contribution in [2.75, 3.05) is 23.8 Å². The molecule has 0 bridgehead atoms. The highest BCUT2D eigenvalue weighted by Crippen LogP contribution is 2.56. The Labute approximate surface area is 115 Å². The van der Waals surface area contributed by atoms with E-state index in [9.17, 15) is 0 Å². The molecule has 0 saturated carbocycles. The van der Waals surface area contributed by atoms with Gasteiger partial charge in [0.1, 0.15) is 0 Å². The predicted octanol–water partition coefficient (Wildman–Crippen LogP) is 3.57. The van der Waals surface area contributed by atoms with Crippen LogP contribution >= 0.6 is 35.0 Å². The van der Waals surface area contributed by atoms with Crippen LogP contribution in [0.3, 0.4) is 0 Å². The number of rotatable bonds is 1. The van der Waals surface area contributed by atoms with Gasteiger partial charge in [-0.05, 0) is 31.2 Å². The molecule has 0 aliphatic carbocycles. The number of alkyl halides is 1. The monoisotopic (exact) mass is 289 g/mol. The molecule has 0 N–H and O–H groups in total. The van der Waals surface area contributed by atoms with Gasteiger partial charge in [-0.25, -0.2) is 0 Å². The number of benzene rings is 1. The van der Waals surface area contributed by atoms with Crippen molar-refractivity contribution in [3.05, 3.63) is 29.3 Å². The molecular weight excluding hydrogens is 277 g/mol. The molecule has 2 atom stereocenters. The number of nitrogens with zero attached hydrogens (tertiary/aromatic N) is 1. The van der Waals surface area contributed by atoms with Gasteiger partial charge in [0.2, 0.25) is 0 Å². The summed E-state index contributed by atoms with van der Waals surface area (Å²) in [4.78, 5) is 2.20. The maximum atomic E-state index is 6.60. The van der Waals surface area contributed by atoms with Crippen LogP contribution in [0.15, 0.2) is 24.3 Å². The summed E-state index contributed by atoms with van der Waals surface area (Å²) in [6, 6.07) is 7.80. The second-order valence-electron chi connectivity index (χ2n) is 4.47. The molecule has 2 aliphatic rings. The van der Waals surface area contributed by atoms with Crippen molar-refractivity contribution in [2.45, 2.75) is 16.9 Å². The van der Waals surface area contributed by atoms with E-state index in [0.29, 0.717) is 0 Å². The van der Waals surface area contributed by atoms with E-state index >= 15 is 0 Å². The van der Waals surface area contributed by atoms with Gasteiger partial charge < -0.3 is 9.64 Å². The lowest BCUT2D eigenvalue weighted by atomic mass is 9.96. The first kappa shape index (κ1) is 12.0. The highest BCUT2D eigenvalue weighted by atomic mass is 35.5. The molecule has 1 aromatic rings. The highest BCUT2D eigenvalue weighted by molar-refractivity contribution is 8.02. The third-order valence-electron chi connectivity index (χ3n) is 3.50. The molecule has 2 aliphatic heterocycles. The first-order chi connectivity index (χ1) is 8.05. The Kier molecular flexibility index (Phi) is 2.78. The van der Waals surface area contributed by atoms with Crippen LogP contribution in [0.4, 0.5) is 5.69 Å². The normalized spacial score (nSPS) is 36.3. The zero-order valence-corrected chi connectivity index (χ0v) is 11.8. The maximum Gasteiger partial charge on any atom is 0.168 e. The average Bonchev–Trinajstić information content (AvgIpc) is 2.31. The Morgan fingerprint density at radius 2 is 2.06 bits per heavy atom. The minimum atomic E-state index is -0.411. The summed E-state index contributed by atoms with van der Waals surface area (Å²) in [7, 11) is 0. The average molecular weight is 290 g/mol. The molecule has 0 radical (unpaired) electrons. The first-order valence-corrected chi connectivity index (χ1v) is 7.29. The second kappa shape index (κ2) is 3.95. The van der Waals surface area contributed by atoms with E-state index in [1.807, 2.05) is 24.3 Å². The van der Waals surface area contributed by atoms with Crippen LogP contribution in [0.25, 0.3) is 0 Å². The molecule has 17 heavy (non-hydrogen) atoms. The van der Waals surface area contributed by atoms with Gasteiger partial charge in [0.05, 0.1) is 13.2 Å². The molecule has 1 aromatic carbocycles. The Bertz CT molecular complexity index is 441. The van der Waals surface area contributed by atoms with Crippen molar-refractivity contribution in [2.24, 2.45) is 0 Å². The van der Waals surface area contributed by atoms with Crippen LogP contribution in [-0.2, 0) is 4.74 Å². The number of halogens is 2. The first-order valence-electron chi connectivity index (χ1n) is 5.55. The van der Waals surface area contributed by atoms with Crippen molar-refractivity contribution in [3.63, 3.8) is 0 Å². The Morgan fingerprint density at radius 1 is 1.35 bits per heavy atom. The fourth-order valence-corrected chi connectivity index (χ4v) is 4.16. The van der Waals surface area contributed by atoms with Gasteiger partial charge in [0.25, 0.3) is 0 Å². The smallest absolute Gasteiger partial charge is 0.168 e. The van der Waals surface area contributed by atoms with Crippen LogP contribution < -0.4 is 4.90 Å². The maximum absolute atomic E-state index is 6.60. The van der Waals surface area contributed by atoms with E-state index < -0.39 is 5.72 Å². The van der Waals surface area contributed by atoms with Crippen LogP contribution in [-0.4, -0.2) is 28.8 Å². The van der Waals surface area contributed by atoms with Crippen molar-refractivity contribution in [3.8, 4) is 0 Å². The fourth-order valence-electron chi connectivity index (χ4n) is 2.38. The van der Waals surface area contributed by atoms with E-state index in [-0.39, 0.29) is 4.21 Å². The minimum Gasteiger partial charge on any atom is -0.352 e. The number of anilines is 1. The summed E-state index contributed by atoms with van der Waals surface area (Å²) in [5, 5.41) is 0.746. The lowest BCUT2D eigenvalue weighted by molar-refractivity contribution is -0.0781. The third kappa shape index (κ3) is 1.67. The molecule has 2 fully saturated rings. The van der Waals surface area contributed by atoms with Crippen molar-refractivity contribution >= 4 is 40.7 Å². The molecule has 0 amide bonds. The molecule has 3 rings (SSSR count). The zero-order valence-electron chi connectivity index (χ0n) is 9.45. The van der Waals surface area contributed by atoms with E-state index in [0.717, 1.165) is 29.6 Å². The molecular formula is C12H13Cl2NOS. The summed E-state index contributed by atoms with van der Waals surface area (Å²) in [5.41, 5.74) is 0.696. The number of thioether (sulfide) groups is 1. The number of fused-ring (bicyclic) bond motifs is 1. The largest absolute Gasteiger partial charge is 0.352 e. The summed E-state index contributed by atoms with van der Waals surface area (Å²) >= 11 is 14.3. The number of hydrogen-bond donors (Lipinski definition) is 0. The fraction of sp³-hybridized carbons (Fsp3) is 0.500. The molecule has 2 saturated heterocycles.